The Bertz CT molecular complexity index is 730. The van der Waals surface area contributed by atoms with E-state index in [1.807, 2.05) is 24.3 Å². The average molecular weight is 385 g/mol. The molecule has 1 aliphatic carbocycles. The summed E-state index contributed by atoms with van der Waals surface area (Å²) >= 11 is 0. The highest BCUT2D eigenvalue weighted by Gasteiger charge is 2.14. The van der Waals surface area contributed by atoms with Gasteiger partial charge in [-0.05, 0) is 97.9 Å². The number of hydrogen-bond acceptors (Lipinski definition) is 4. The zero-order valence-electron chi connectivity index (χ0n) is 17.1. The Balaban J connectivity index is 1.83. The topological polar surface area (TPSA) is 58.9 Å². The SMILES string of the molecule is COc1cc2c(O)c(c1)CCCCc1cc(OC)cc(c1O)CCCCCC2. The minimum Gasteiger partial charge on any atom is -0.507 e. The summed E-state index contributed by atoms with van der Waals surface area (Å²) in [7, 11) is 3.35. The molecule has 28 heavy (non-hydrogen) atoms. The van der Waals surface area contributed by atoms with Gasteiger partial charge in [0.15, 0.2) is 0 Å². The molecule has 0 radical (unpaired) electrons. The van der Waals surface area contributed by atoms with Gasteiger partial charge in [-0.3, -0.25) is 0 Å². The lowest BCUT2D eigenvalue weighted by atomic mass is 9.95. The number of fused-ring (bicyclic) bond motifs is 4. The van der Waals surface area contributed by atoms with Gasteiger partial charge in [-0.25, -0.2) is 0 Å². The molecule has 0 spiro atoms. The molecule has 2 aromatic carbocycles. The predicted octanol–water partition coefficient (Wildman–Crippen LogP) is 5.34. The number of methoxy groups -OCH3 is 2. The summed E-state index contributed by atoms with van der Waals surface area (Å²) in [4.78, 5) is 0. The molecule has 0 unspecified atom stereocenters. The maximum atomic E-state index is 10.7. The Morgan fingerprint density at radius 1 is 0.536 bits per heavy atom. The van der Waals surface area contributed by atoms with Crippen molar-refractivity contribution in [3.05, 3.63) is 46.5 Å². The fourth-order valence-corrected chi connectivity index (χ4v) is 4.07. The summed E-state index contributed by atoms with van der Waals surface area (Å²) in [6.07, 6.45) is 9.48. The molecule has 152 valence electrons. The first-order valence-corrected chi connectivity index (χ1v) is 10.4. The number of rotatable bonds is 2. The summed E-state index contributed by atoms with van der Waals surface area (Å²) in [5.74, 6) is 2.50. The molecule has 0 aromatic heterocycles. The second kappa shape index (κ2) is 9.72. The first kappa shape index (κ1) is 20.4. The van der Waals surface area contributed by atoms with E-state index in [2.05, 4.69) is 0 Å². The fourth-order valence-electron chi connectivity index (χ4n) is 4.07. The lowest BCUT2D eigenvalue weighted by Gasteiger charge is -2.15. The first-order valence-electron chi connectivity index (χ1n) is 10.4. The van der Waals surface area contributed by atoms with E-state index in [1.165, 1.54) is 0 Å². The number of benzene rings is 2. The van der Waals surface area contributed by atoms with Crippen LogP contribution in [0.3, 0.4) is 0 Å². The van der Waals surface area contributed by atoms with Crippen LogP contribution >= 0.6 is 0 Å². The first-order chi connectivity index (χ1) is 13.6. The van der Waals surface area contributed by atoms with E-state index >= 15 is 0 Å². The molecule has 0 saturated carbocycles. The highest BCUT2D eigenvalue weighted by atomic mass is 16.5. The Hall–Kier alpha value is -2.36. The number of phenolic OH excluding ortho intramolecular Hbond substituents is 2. The second-order valence-corrected chi connectivity index (χ2v) is 7.71. The van der Waals surface area contributed by atoms with Crippen molar-refractivity contribution in [2.45, 2.75) is 64.2 Å². The quantitative estimate of drug-likeness (QED) is 0.734. The number of hydrogen-bond donors (Lipinski definition) is 2. The minimum atomic E-state index is 0.430. The zero-order valence-corrected chi connectivity index (χ0v) is 17.1. The van der Waals surface area contributed by atoms with Crippen molar-refractivity contribution in [2.75, 3.05) is 14.2 Å². The van der Waals surface area contributed by atoms with E-state index in [0.29, 0.717) is 11.5 Å². The average Bonchev–Trinajstić information content (AvgIpc) is 2.71. The highest BCUT2D eigenvalue weighted by Crippen LogP contribution is 2.33. The van der Waals surface area contributed by atoms with E-state index in [4.69, 9.17) is 9.47 Å². The molecule has 4 nitrogen and oxygen atoms in total. The van der Waals surface area contributed by atoms with E-state index in [0.717, 1.165) is 98.0 Å². The number of aromatic hydroxyl groups is 2. The van der Waals surface area contributed by atoms with Crippen LogP contribution in [0.1, 0.15) is 60.8 Å². The van der Waals surface area contributed by atoms with Gasteiger partial charge in [0.25, 0.3) is 0 Å². The maximum absolute atomic E-state index is 10.7. The lowest BCUT2D eigenvalue weighted by Crippen LogP contribution is -1.99. The molecule has 2 aromatic rings. The van der Waals surface area contributed by atoms with Crippen molar-refractivity contribution >= 4 is 0 Å². The summed E-state index contributed by atoms with van der Waals surface area (Å²) in [6.45, 7) is 0. The van der Waals surface area contributed by atoms with Crippen LogP contribution in [-0.2, 0) is 25.7 Å². The Morgan fingerprint density at radius 3 is 1.11 bits per heavy atom. The van der Waals surface area contributed by atoms with E-state index < -0.39 is 0 Å². The van der Waals surface area contributed by atoms with Crippen LogP contribution in [0, 0.1) is 0 Å². The van der Waals surface area contributed by atoms with Gasteiger partial charge in [-0.1, -0.05) is 12.8 Å². The maximum Gasteiger partial charge on any atom is 0.122 e. The van der Waals surface area contributed by atoms with Gasteiger partial charge in [-0.15, -0.1) is 0 Å². The van der Waals surface area contributed by atoms with Crippen molar-refractivity contribution in [1.82, 2.24) is 0 Å². The van der Waals surface area contributed by atoms with Crippen LogP contribution in [0.5, 0.6) is 23.0 Å². The highest BCUT2D eigenvalue weighted by molar-refractivity contribution is 5.48. The van der Waals surface area contributed by atoms with Crippen molar-refractivity contribution in [2.24, 2.45) is 0 Å². The van der Waals surface area contributed by atoms with Crippen LogP contribution in [-0.4, -0.2) is 24.4 Å². The lowest BCUT2D eigenvalue weighted by molar-refractivity contribution is 0.407. The van der Waals surface area contributed by atoms with Crippen LogP contribution in [0.4, 0.5) is 0 Å². The van der Waals surface area contributed by atoms with Gasteiger partial charge in [0.2, 0.25) is 0 Å². The molecule has 1 aliphatic rings. The molecule has 0 heterocycles. The molecule has 4 heteroatoms. The standard InChI is InChI=1S/C24H32O4/c1-27-21-13-17-9-5-3-4-6-10-18-14-22(28-2)16-20(24(18)26)12-8-7-11-19(15-21)23(17)25/h13-16,25-26H,3-12H2,1-2H3. The molecular formula is C24H32O4. The van der Waals surface area contributed by atoms with Gasteiger partial charge < -0.3 is 19.7 Å². The molecule has 3 rings (SSSR count). The molecule has 4 bridgehead atoms. The Kier molecular flexibility index (Phi) is 7.07. The normalized spacial score (nSPS) is 15.8. The monoisotopic (exact) mass is 384 g/mol. The van der Waals surface area contributed by atoms with Crippen LogP contribution in [0.2, 0.25) is 0 Å². The second-order valence-electron chi connectivity index (χ2n) is 7.71. The number of phenols is 2. The van der Waals surface area contributed by atoms with Gasteiger partial charge >= 0.3 is 0 Å². The smallest absolute Gasteiger partial charge is 0.122 e. The van der Waals surface area contributed by atoms with Crippen LogP contribution in [0.25, 0.3) is 0 Å². The van der Waals surface area contributed by atoms with Crippen LogP contribution in [0.15, 0.2) is 24.3 Å². The summed E-state index contributed by atoms with van der Waals surface area (Å²) in [5, 5.41) is 21.4. The molecule has 0 amide bonds. The Morgan fingerprint density at radius 2 is 0.821 bits per heavy atom. The van der Waals surface area contributed by atoms with E-state index in [-0.39, 0.29) is 0 Å². The fraction of sp³-hybridized carbons (Fsp3) is 0.500. The third-order valence-corrected chi connectivity index (χ3v) is 5.74. The largest absolute Gasteiger partial charge is 0.507 e. The van der Waals surface area contributed by atoms with Crippen molar-refractivity contribution in [3.8, 4) is 23.0 Å². The minimum absolute atomic E-state index is 0.430. The summed E-state index contributed by atoms with van der Waals surface area (Å²) < 4.78 is 10.9. The van der Waals surface area contributed by atoms with Gasteiger partial charge in [0.1, 0.15) is 23.0 Å². The summed E-state index contributed by atoms with van der Waals surface area (Å²) in [6, 6.07) is 7.83. The molecule has 0 aliphatic heterocycles. The summed E-state index contributed by atoms with van der Waals surface area (Å²) in [5.41, 5.74) is 3.90. The number of aryl methyl sites for hydroxylation is 4. The third-order valence-electron chi connectivity index (χ3n) is 5.74. The molecule has 2 N–H and O–H groups in total. The zero-order chi connectivity index (χ0) is 19.9. The van der Waals surface area contributed by atoms with E-state index in [1.54, 1.807) is 14.2 Å². The van der Waals surface area contributed by atoms with Crippen molar-refractivity contribution in [1.29, 1.82) is 0 Å². The molecule has 0 saturated heterocycles. The van der Waals surface area contributed by atoms with Crippen LogP contribution < -0.4 is 9.47 Å². The molecular weight excluding hydrogens is 352 g/mol. The van der Waals surface area contributed by atoms with Gasteiger partial charge in [0, 0.05) is 0 Å². The van der Waals surface area contributed by atoms with Gasteiger partial charge in [0.05, 0.1) is 14.2 Å². The predicted molar refractivity (Wildman–Crippen MR) is 112 cm³/mol. The number of ether oxygens (including phenoxy) is 2. The molecule has 0 fully saturated rings. The Labute approximate surface area is 168 Å². The van der Waals surface area contributed by atoms with Crippen molar-refractivity contribution < 1.29 is 19.7 Å². The molecule has 0 atom stereocenters. The van der Waals surface area contributed by atoms with Gasteiger partial charge in [-0.2, -0.15) is 0 Å². The third kappa shape index (κ3) is 4.92. The van der Waals surface area contributed by atoms with E-state index in [9.17, 15) is 10.2 Å². The van der Waals surface area contributed by atoms with Crippen molar-refractivity contribution in [3.63, 3.8) is 0 Å².